The Bertz CT molecular complexity index is 1220. The highest BCUT2D eigenvalue weighted by Gasteiger charge is 2.07. The number of aromatic nitrogens is 1. The van der Waals surface area contributed by atoms with Crippen molar-refractivity contribution >= 4 is 34.4 Å². The molecule has 0 aliphatic heterocycles. The molecule has 0 amide bonds. The van der Waals surface area contributed by atoms with E-state index in [-0.39, 0.29) is 0 Å². The molecule has 0 radical (unpaired) electrons. The van der Waals surface area contributed by atoms with Gasteiger partial charge in [0.25, 0.3) is 0 Å². The molecule has 0 unspecified atom stereocenters. The topological polar surface area (TPSA) is 50.6 Å². The van der Waals surface area contributed by atoms with Gasteiger partial charge in [0.1, 0.15) is 12.4 Å². The predicted molar refractivity (Wildman–Crippen MR) is 135 cm³/mol. The zero-order valence-electron chi connectivity index (χ0n) is 18.0. The van der Waals surface area contributed by atoms with Gasteiger partial charge in [0.2, 0.25) is 0 Å². The lowest BCUT2D eigenvalue weighted by Gasteiger charge is -2.08. The van der Waals surface area contributed by atoms with E-state index < -0.39 is 0 Å². The molecule has 5 nitrogen and oxygen atoms in total. The minimum absolute atomic E-state index is 0.486. The molecule has 0 bridgehead atoms. The Morgan fingerprint density at radius 2 is 1.84 bits per heavy atom. The first kappa shape index (κ1) is 21.6. The average Bonchev–Trinajstić information content (AvgIpc) is 3.16. The summed E-state index contributed by atoms with van der Waals surface area (Å²) < 4.78 is 8.13. The second-order valence-corrected chi connectivity index (χ2v) is 7.91. The highest BCUT2D eigenvalue weighted by atomic mass is 32.1. The van der Waals surface area contributed by atoms with Crippen LogP contribution in [-0.2, 0) is 13.1 Å². The number of nitrogens with one attached hydrogen (secondary N) is 2. The predicted octanol–water partition coefficient (Wildman–Crippen LogP) is 5.03. The number of hydrogen-bond donors (Lipinski definition) is 2. The van der Waals surface area contributed by atoms with Crippen LogP contribution in [0.3, 0.4) is 0 Å². The molecule has 1 aromatic heterocycles. The molecule has 0 spiro atoms. The maximum Gasteiger partial charge on any atom is 0.187 e. The average molecular weight is 443 g/mol. The number of nitrogens with zero attached hydrogens (tertiary/aromatic N) is 2. The third-order valence-corrected chi connectivity index (χ3v) is 5.31. The van der Waals surface area contributed by atoms with E-state index in [2.05, 4.69) is 63.9 Å². The van der Waals surface area contributed by atoms with Gasteiger partial charge in [-0.3, -0.25) is 5.43 Å². The Kier molecular flexibility index (Phi) is 7.15. The fourth-order valence-electron chi connectivity index (χ4n) is 3.51. The van der Waals surface area contributed by atoms with E-state index >= 15 is 0 Å². The van der Waals surface area contributed by atoms with E-state index in [1.807, 2.05) is 48.5 Å². The van der Waals surface area contributed by atoms with Gasteiger partial charge in [-0.2, -0.15) is 5.10 Å². The molecule has 162 valence electrons. The van der Waals surface area contributed by atoms with Crippen LogP contribution >= 0.6 is 12.2 Å². The Balaban J connectivity index is 1.36. The summed E-state index contributed by atoms with van der Waals surface area (Å²) in [7, 11) is 0. The van der Waals surface area contributed by atoms with Crippen LogP contribution in [0.15, 0.2) is 90.2 Å². The number of fused-ring (bicyclic) bond motifs is 1. The first-order valence-corrected chi connectivity index (χ1v) is 11.0. The molecule has 0 aliphatic rings. The van der Waals surface area contributed by atoms with E-state index in [1.54, 1.807) is 6.21 Å². The zero-order valence-corrected chi connectivity index (χ0v) is 18.8. The van der Waals surface area contributed by atoms with Crippen LogP contribution in [0.1, 0.15) is 16.7 Å². The van der Waals surface area contributed by atoms with Crippen molar-refractivity contribution in [2.75, 3.05) is 6.61 Å². The van der Waals surface area contributed by atoms with Gasteiger partial charge in [0.05, 0.1) is 12.8 Å². The Morgan fingerprint density at radius 3 is 2.69 bits per heavy atom. The molecule has 0 saturated heterocycles. The zero-order chi connectivity index (χ0) is 22.2. The largest absolute Gasteiger partial charge is 0.492 e. The van der Waals surface area contributed by atoms with E-state index in [0.29, 0.717) is 18.3 Å². The number of rotatable bonds is 8. The lowest BCUT2D eigenvalue weighted by atomic mass is 10.2. The molecule has 0 aliphatic carbocycles. The van der Waals surface area contributed by atoms with Crippen LogP contribution < -0.4 is 15.5 Å². The summed E-state index contributed by atoms with van der Waals surface area (Å²) in [4.78, 5) is 0. The molecule has 4 aromatic rings. The van der Waals surface area contributed by atoms with Gasteiger partial charge >= 0.3 is 0 Å². The monoisotopic (exact) mass is 442 g/mol. The number of hydrogen-bond acceptors (Lipinski definition) is 3. The molecule has 0 fully saturated rings. The third-order valence-electron chi connectivity index (χ3n) is 5.08. The standard InChI is InChI=1S/C26H26N4OS/c1-20-8-7-11-23(16-20)31-15-14-30-19-22(24-12-5-6-13-25(24)30)18-28-29-26(32)27-17-21-9-3-2-4-10-21/h2-13,16,18-19H,14-15,17H2,1H3,(H2,27,29,32)/b28-18+. The van der Waals surface area contributed by atoms with Crippen molar-refractivity contribution in [3.05, 3.63) is 102 Å². The number of ether oxygens (including phenoxy) is 1. The normalized spacial score (nSPS) is 11.0. The number of benzene rings is 3. The maximum atomic E-state index is 5.93. The van der Waals surface area contributed by atoms with Crippen LogP contribution in [0.2, 0.25) is 0 Å². The van der Waals surface area contributed by atoms with Gasteiger partial charge in [0.15, 0.2) is 5.11 Å². The summed E-state index contributed by atoms with van der Waals surface area (Å²) in [5.41, 5.74) is 7.42. The summed E-state index contributed by atoms with van der Waals surface area (Å²) in [5, 5.41) is 9.11. The van der Waals surface area contributed by atoms with E-state index in [4.69, 9.17) is 17.0 Å². The van der Waals surface area contributed by atoms with Crippen LogP contribution in [0.5, 0.6) is 5.75 Å². The highest BCUT2D eigenvalue weighted by Crippen LogP contribution is 2.20. The van der Waals surface area contributed by atoms with Crippen molar-refractivity contribution in [2.45, 2.75) is 20.0 Å². The molecule has 2 N–H and O–H groups in total. The Morgan fingerprint density at radius 1 is 1.03 bits per heavy atom. The Labute approximate surface area is 193 Å². The summed E-state index contributed by atoms with van der Waals surface area (Å²) in [6, 6.07) is 26.5. The highest BCUT2D eigenvalue weighted by molar-refractivity contribution is 7.80. The van der Waals surface area contributed by atoms with Crippen LogP contribution in [-0.4, -0.2) is 22.5 Å². The van der Waals surface area contributed by atoms with Crippen LogP contribution in [0.4, 0.5) is 0 Å². The minimum Gasteiger partial charge on any atom is -0.492 e. The molecule has 0 atom stereocenters. The molecule has 4 rings (SSSR count). The fraction of sp³-hybridized carbons (Fsp3) is 0.154. The minimum atomic E-state index is 0.486. The smallest absolute Gasteiger partial charge is 0.187 e. The number of thiocarbonyl (C=S) groups is 1. The van der Waals surface area contributed by atoms with Crippen molar-refractivity contribution in [1.29, 1.82) is 0 Å². The number of aryl methyl sites for hydroxylation is 1. The SMILES string of the molecule is Cc1cccc(OCCn2cc(/C=N/NC(=S)NCc3ccccc3)c3ccccc32)c1. The molecule has 32 heavy (non-hydrogen) atoms. The maximum absolute atomic E-state index is 5.93. The van der Waals surface area contributed by atoms with Crippen LogP contribution in [0, 0.1) is 6.92 Å². The molecular weight excluding hydrogens is 416 g/mol. The van der Waals surface area contributed by atoms with E-state index in [9.17, 15) is 0 Å². The quantitative estimate of drug-likeness (QED) is 0.228. The van der Waals surface area contributed by atoms with Gasteiger partial charge in [-0.15, -0.1) is 0 Å². The van der Waals surface area contributed by atoms with Crippen molar-refractivity contribution in [1.82, 2.24) is 15.3 Å². The lowest BCUT2D eigenvalue weighted by Crippen LogP contribution is -2.31. The van der Waals surface area contributed by atoms with Gasteiger partial charge < -0.3 is 14.6 Å². The van der Waals surface area contributed by atoms with Crippen molar-refractivity contribution in [3.63, 3.8) is 0 Å². The number of para-hydroxylation sites is 1. The lowest BCUT2D eigenvalue weighted by molar-refractivity contribution is 0.300. The first-order chi connectivity index (χ1) is 15.7. The van der Waals surface area contributed by atoms with Gasteiger partial charge in [-0.05, 0) is 48.5 Å². The second kappa shape index (κ2) is 10.6. The molecule has 3 aromatic carbocycles. The van der Waals surface area contributed by atoms with Crippen molar-refractivity contribution < 1.29 is 4.74 Å². The van der Waals surface area contributed by atoms with Crippen molar-refractivity contribution in [2.24, 2.45) is 5.10 Å². The summed E-state index contributed by atoms with van der Waals surface area (Å²) in [5.74, 6) is 0.893. The van der Waals surface area contributed by atoms with E-state index in [1.165, 1.54) is 5.56 Å². The first-order valence-electron chi connectivity index (χ1n) is 10.6. The van der Waals surface area contributed by atoms with Crippen LogP contribution in [0.25, 0.3) is 10.9 Å². The molecule has 6 heteroatoms. The van der Waals surface area contributed by atoms with Gasteiger partial charge in [0, 0.05) is 29.2 Å². The Hall–Kier alpha value is -3.64. The second-order valence-electron chi connectivity index (χ2n) is 7.50. The van der Waals surface area contributed by atoms with Gasteiger partial charge in [-0.25, -0.2) is 0 Å². The number of hydrazone groups is 1. The summed E-state index contributed by atoms with van der Waals surface area (Å²) in [6.45, 7) is 4.05. The molecular formula is C26H26N4OS. The summed E-state index contributed by atoms with van der Waals surface area (Å²) in [6.07, 6.45) is 3.90. The fourth-order valence-corrected chi connectivity index (χ4v) is 3.63. The molecule has 1 heterocycles. The van der Waals surface area contributed by atoms with E-state index in [0.717, 1.165) is 34.3 Å². The van der Waals surface area contributed by atoms with Crippen molar-refractivity contribution in [3.8, 4) is 5.75 Å². The van der Waals surface area contributed by atoms with Gasteiger partial charge in [-0.1, -0.05) is 60.7 Å². The summed E-state index contributed by atoms with van der Waals surface area (Å²) >= 11 is 5.32. The molecule has 0 saturated carbocycles. The third kappa shape index (κ3) is 5.74.